The minimum atomic E-state index is -0.212. The van der Waals surface area contributed by atoms with Crippen LogP contribution in [0.5, 0.6) is 0 Å². The van der Waals surface area contributed by atoms with E-state index in [2.05, 4.69) is 46.6 Å². The molecule has 0 aromatic heterocycles. The van der Waals surface area contributed by atoms with Gasteiger partial charge in [-0.2, -0.15) is 5.06 Å². The molecule has 1 aliphatic heterocycles. The Balaban J connectivity index is 2.56. The molecular formula is C17H33NO2. The predicted octanol–water partition coefficient (Wildman–Crippen LogP) is 4.50. The van der Waals surface area contributed by atoms with Crippen LogP contribution in [0.15, 0.2) is 0 Å². The molecule has 0 aliphatic carbocycles. The van der Waals surface area contributed by atoms with Crippen molar-refractivity contribution in [3.8, 4) is 0 Å². The number of carbonyl (C=O) groups is 1. The Morgan fingerprint density at radius 2 is 1.65 bits per heavy atom. The maximum atomic E-state index is 11.9. The van der Waals surface area contributed by atoms with E-state index in [4.69, 9.17) is 4.84 Å². The van der Waals surface area contributed by atoms with E-state index >= 15 is 0 Å². The third-order valence-electron chi connectivity index (χ3n) is 4.11. The van der Waals surface area contributed by atoms with Gasteiger partial charge in [-0.25, -0.2) is 0 Å². The molecule has 0 bridgehead atoms. The highest BCUT2D eigenvalue weighted by atomic mass is 16.7. The van der Waals surface area contributed by atoms with Crippen molar-refractivity contribution in [1.29, 1.82) is 0 Å². The average Bonchev–Trinajstić information content (AvgIpc) is 2.28. The number of hydroxylamine groups is 2. The van der Waals surface area contributed by atoms with Gasteiger partial charge in [0, 0.05) is 23.9 Å². The maximum absolute atomic E-state index is 11.9. The molecule has 0 saturated carbocycles. The van der Waals surface area contributed by atoms with Crippen LogP contribution in [0.2, 0.25) is 0 Å². The van der Waals surface area contributed by atoms with Gasteiger partial charge < -0.3 is 0 Å². The summed E-state index contributed by atoms with van der Waals surface area (Å²) >= 11 is 0. The summed E-state index contributed by atoms with van der Waals surface area (Å²) < 4.78 is 0. The second-order valence-electron chi connectivity index (χ2n) is 7.58. The van der Waals surface area contributed by atoms with Gasteiger partial charge in [-0.05, 0) is 41.0 Å². The zero-order valence-electron chi connectivity index (χ0n) is 14.3. The van der Waals surface area contributed by atoms with Gasteiger partial charge in [0.2, 0.25) is 0 Å². The van der Waals surface area contributed by atoms with Crippen LogP contribution in [0.25, 0.3) is 0 Å². The van der Waals surface area contributed by atoms with Crippen molar-refractivity contribution in [1.82, 2.24) is 5.06 Å². The lowest BCUT2D eigenvalue weighted by Crippen LogP contribution is -2.61. The Morgan fingerprint density at radius 3 is 2.15 bits per heavy atom. The minimum absolute atomic E-state index is 0.212. The van der Waals surface area contributed by atoms with E-state index in [-0.39, 0.29) is 17.2 Å². The summed E-state index contributed by atoms with van der Waals surface area (Å²) in [6, 6.07) is 0. The first-order valence-electron chi connectivity index (χ1n) is 8.18. The highest BCUT2D eigenvalue weighted by molar-refractivity contribution is 5.81. The summed E-state index contributed by atoms with van der Waals surface area (Å²) in [4.78, 5) is 18.1. The van der Waals surface area contributed by atoms with Crippen molar-refractivity contribution < 1.29 is 9.63 Å². The Morgan fingerprint density at radius 1 is 1.10 bits per heavy atom. The molecule has 1 heterocycles. The van der Waals surface area contributed by atoms with Gasteiger partial charge >= 0.3 is 0 Å². The van der Waals surface area contributed by atoms with Gasteiger partial charge in [0.05, 0.1) is 6.10 Å². The van der Waals surface area contributed by atoms with Crippen LogP contribution in [0.4, 0.5) is 0 Å². The van der Waals surface area contributed by atoms with Crippen LogP contribution < -0.4 is 0 Å². The van der Waals surface area contributed by atoms with E-state index < -0.39 is 0 Å². The van der Waals surface area contributed by atoms with Crippen LogP contribution in [0.3, 0.4) is 0 Å². The zero-order chi connectivity index (χ0) is 15.4. The monoisotopic (exact) mass is 283 g/mol. The number of carbonyl (C=O) groups excluding carboxylic acids is 1. The zero-order valence-corrected chi connectivity index (χ0v) is 14.3. The van der Waals surface area contributed by atoms with Gasteiger partial charge in [-0.1, -0.05) is 32.6 Å². The average molecular weight is 283 g/mol. The molecule has 3 heteroatoms. The lowest BCUT2D eigenvalue weighted by molar-refractivity contribution is -0.296. The van der Waals surface area contributed by atoms with Crippen molar-refractivity contribution >= 4 is 5.78 Å². The van der Waals surface area contributed by atoms with Crippen molar-refractivity contribution in [3.63, 3.8) is 0 Å². The smallest absolute Gasteiger partial charge is 0.136 e. The van der Waals surface area contributed by atoms with E-state index in [1.54, 1.807) is 0 Å². The van der Waals surface area contributed by atoms with Crippen LogP contribution >= 0.6 is 0 Å². The number of piperidine rings is 1. The molecule has 0 amide bonds. The van der Waals surface area contributed by atoms with E-state index in [9.17, 15) is 4.79 Å². The predicted molar refractivity (Wildman–Crippen MR) is 83.5 cm³/mol. The fourth-order valence-corrected chi connectivity index (χ4v) is 3.37. The van der Waals surface area contributed by atoms with E-state index in [1.807, 2.05) is 0 Å². The summed E-state index contributed by atoms with van der Waals surface area (Å²) in [5.41, 5.74) is -0.424. The topological polar surface area (TPSA) is 29.5 Å². The molecule has 0 aromatic carbocycles. The first kappa shape index (κ1) is 17.6. The molecule has 0 radical (unpaired) electrons. The molecule has 1 saturated heterocycles. The van der Waals surface area contributed by atoms with Gasteiger partial charge in [-0.15, -0.1) is 0 Å². The summed E-state index contributed by atoms with van der Waals surface area (Å²) in [5.74, 6) is 0.343. The summed E-state index contributed by atoms with van der Waals surface area (Å²) in [6.45, 7) is 12.8. The number of hydrogen-bond donors (Lipinski definition) is 0. The number of unbranched alkanes of at least 4 members (excludes halogenated alkanes) is 3. The Kier molecular flexibility index (Phi) is 6.21. The molecule has 0 spiro atoms. The van der Waals surface area contributed by atoms with Gasteiger partial charge in [0.15, 0.2) is 0 Å². The minimum Gasteiger partial charge on any atom is -0.300 e. The molecule has 1 atom stereocenters. The molecule has 0 aromatic rings. The molecule has 0 N–H and O–H groups in total. The largest absolute Gasteiger partial charge is 0.300 e. The Bertz CT molecular complexity index is 303. The summed E-state index contributed by atoms with van der Waals surface area (Å²) in [6.07, 6.45) is 7.57. The van der Waals surface area contributed by atoms with E-state index in [1.165, 1.54) is 25.7 Å². The lowest BCUT2D eigenvalue weighted by atomic mass is 9.81. The number of rotatable bonds is 7. The third-order valence-corrected chi connectivity index (χ3v) is 4.11. The quantitative estimate of drug-likeness (QED) is 0.644. The maximum Gasteiger partial charge on any atom is 0.136 e. The fourth-order valence-electron chi connectivity index (χ4n) is 3.37. The van der Waals surface area contributed by atoms with Gasteiger partial charge in [0.25, 0.3) is 0 Å². The Labute approximate surface area is 125 Å². The van der Waals surface area contributed by atoms with Crippen molar-refractivity contribution in [3.05, 3.63) is 0 Å². The molecular weight excluding hydrogens is 250 g/mol. The van der Waals surface area contributed by atoms with E-state index in [0.717, 1.165) is 6.42 Å². The molecule has 3 nitrogen and oxygen atoms in total. The van der Waals surface area contributed by atoms with Gasteiger partial charge in [-0.3, -0.25) is 9.63 Å². The SMILES string of the molecule is CCCCCCC(C)ON1C(C)(C)CC(=O)CC1(C)C. The lowest BCUT2D eigenvalue weighted by Gasteiger charge is -2.51. The van der Waals surface area contributed by atoms with Crippen LogP contribution in [-0.4, -0.2) is 28.0 Å². The highest BCUT2D eigenvalue weighted by Gasteiger charge is 2.46. The highest BCUT2D eigenvalue weighted by Crippen LogP contribution is 2.37. The van der Waals surface area contributed by atoms with Crippen LogP contribution in [0.1, 0.15) is 86.5 Å². The molecule has 1 unspecified atom stereocenters. The number of nitrogens with zero attached hydrogens (tertiary/aromatic N) is 1. The standard InChI is InChI=1S/C17H33NO2/c1-7-8-9-10-11-14(2)20-18-16(3,4)12-15(19)13-17(18,5)6/h14H,7-13H2,1-6H3. The van der Waals surface area contributed by atoms with Crippen molar-refractivity contribution in [2.75, 3.05) is 0 Å². The fraction of sp³-hybridized carbons (Fsp3) is 0.941. The summed E-state index contributed by atoms with van der Waals surface area (Å²) in [5, 5.41) is 2.09. The Hall–Kier alpha value is -0.410. The molecule has 118 valence electrons. The van der Waals surface area contributed by atoms with Crippen LogP contribution in [0, 0.1) is 0 Å². The van der Waals surface area contributed by atoms with Crippen molar-refractivity contribution in [2.45, 2.75) is 104 Å². The molecule has 1 fully saturated rings. The second kappa shape index (κ2) is 7.04. The molecule has 1 rings (SSSR count). The molecule has 1 aliphatic rings. The molecule has 20 heavy (non-hydrogen) atoms. The number of Topliss-reactive ketones (excluding diaryl/α,β-unsaturated/α-hetero) is 1. The first-order chi connectivity index (χ1) is 9.19. The van der Waals surface area contributed by atoms with E-state index in [0.29, 0.717) is 18.6 Å². The summed E-state index contributed by atoms with van der Waals surface area (Å²) in [7, 11) is 0. The second-order valence-corrected chi connectivity index (χ2v) is 7.58. The van der Waals surface area contributed by atoms with Crippen LogP contribution in [-0.2, 0) is 9.63 Å². The number of ketones is 1. The third kappa shape index (κ3) is 4.85. The van der Waals surface area contributed by atoms with Gasteiger partial charge in [0.1, 0.15) is 5.78 Å². The van der Waals surface area contributed by atoms with Crippen molar-refractivity contribution in [2.24, 2.45) is 0 Å². The first-order valence-corrected chi connectivity index (χ1v) is 8.18. The normalized spacial score (nSPS) is 23.8. The number of hydrogen-bond acceptors (Lipinski definition) is 3.